The minimum Gasteiger partial charge on any atom is -0.480 e. The first-order valence-corrected chi connectivity index (χ1v) is 5.40. The summed E-state index contributed by atoms with van der Waals surface area (Å²) in [4.78, 5) is 14.9. The quantitative estimate of drug-likeness (QED) is 0.822. The molecule has 1 atom stereocenters. The molecule has 1 aromatic carbocycles. The fourth-order valence-corrected chi connectivity index (χ4v) is 1.36. The molecule has 0 bridgehead atoms. The summed E-state index contributed by atoms with van der Waals surface area (Å²) < 4.78 is 0. The highest BCUT2D eigenvalue weighted by atomic mass is 35.5. The van der Waals surface area contributed by atoms with Crippen LogP contribution in [0.4, 0.5) is 0 Å². The third kappa shape index (κ3) is 3.66. The molecule has 1 aromatic rings. The largest absolute Gasteiger partial charge is 0.480 e. The standard InChI is InChI=1S/C12H14ClNO2/c1-8(2)11(12(15)16)14-7-9-3-5-10(13)6-4-9/h3-8,11H,1-2H3,(H,15,16)/t11-/m0/s1. The van der Waals surface area contributed by atoms with E-state index in [1.807, 2.05) is 13.8 Å². The van der Waals surface area contributed by atoms with Gasteiger partial charge in [0.25, 0.3) is 0 Å². The first-order chi connectivity index (χ1) is 7.50. The Morgan fingerprint density at radius 3 is 2.38 bits per heavy atom. The highest BCUT2D eigenvalue weighted by molar-refractivity contribution is 6.30. The van der Waals surface area contributed by atoms with E-state index in [-0.39, 0.29) is 5.92 Å². The van der Waals surface area contributed by atoms with E-state index in [0.717, 1.165) is 5.56 Å². The molecule has 0 aliphatic carbocycles. The molecule has 0 unspecified atom stereocenters. The Labute approximate surface area is 99.8 Å². The molecular formula is C12H14ClNO2. The third-order valence-electron chi connectivity index (χ3n) is 2.14. The van der Waals surface area contributed by atoms with Gasteiger partial charge in [-0.25, -0.2) is 4.79 Å². The van der Waals surface area contributed by atoms with Gasteiger partial charge in [0.2, 0.25) is 0 Å². The number of hydrogen-bond acceptors (Lipinski definition) is 2. The molecule has 0 fully saturated rings. The fraction of sp³-hybridized carbons (Fsp3) is 0.333. The number of carboxylic acids is 1. The number of halogens is 1. The van der Waals surface area contributed by atoms with Gasteiger partial charge in [0, 0.05) is 11.2 Å². The van der Waals surface area contributed by atoms with Crippen LogP contribution >= 0.6 is 11.6 Å². The summed E-state index contributed by atoms with van der Waals surface area (Å²) >= 11 is 5.74. The van der Waals surface area contributed by atoms with Crippen molar-refractivity contribution in [2.75, 3.05) is 0 Å². The van der Waals surface area contributed by atoms with Gasteiger partial charge in [-0.1, -0.05) is 37.6 Å². The van der Waals surface area contributed by atoms with Gasteiger partial charge in [0.1, 0.15) is 6.04 Å². The van der Waals surface area contributed by atoms with Gasteiger partial charge in [-0.3, -0.25) is 4.99 Å². The van der Waals surface area contributed by atoms with Crippen molar-refractivity contribution < 1.29 is 9.90 Å². The lowest BCUT2D eigenvalue weighted by Crippen LogP contribution is -2.24. The number of benzene rings is 1. The lowest BCUT2D eigenvalue weighted by molar-refractivity contribution is -0.139. The first-order valence-electron chi connectivity index (χ1n) is 5.02. The van der Waals surface area contributed by atoms with E-state index in [0.29, 0.717) is 5.02 Å². The maximum atomic E-state index is 10.9. The topological polar surface area (TPSA) is 49.7 Å². The van der Waals surface area contributed by atoms with Gasteiger partial charge < -0.3 is 5.11 Å². The number of rotatable bonds is 4. The number of carbonyl (C=O) groups is 1. The monoisotopic (exact) mass is 239 g/mol. The SMILES string of the molecule is CC(C)[C@H](N=Cc1ccc(Cl)cc1)C(=O)O. The zero-order chi connectivity index (χ0) is 12.1. The van der Waals surface area contributed by atoms with E-state index in [9.17, 15) is 4.79 Å². The molecule has 0 heterocycles. The first kappa shape index (κ1) is 12.7. The van der Waals surface area contributed by atoms with Crippen molar-refractivity contribution in [1.29, 1.82) is 0 Å². The fourth-order valence-electron chi connectivity index (χ4n) is 1.24. The zero-order valence-electron chi connectivity index (χ0n) is 9.22. The molecule has 4 heteroatoms. The molecule has 0 amide bonds. The number of aliphatic imine (C=N–C) groups is 1. The Hall–Kier alpha value is -1.35. The molecule has 0 saturated carbocycles. The van der Waals surface area contributed by atoms with E-state index >= 15 is 0 Å². The van der Waals surface area contributed by atoms with Crippen molar-refractivity contribution >= 4 is 23.8 Å². The number of hydrogen-bond donors (Lipinski definition) is 1. The van der Waals surface area contributed by atoms with Crippen molar-refractivity contribution in [3.8, 4) is 0 Å². The van der Waals surface area contributed by atoms with Gasteiger partial charge in [-0.2, -0.15) is 0 Å². The molecule has 16 heavy (non-hydrogen) atoms. The van der Waals surface area contributed by atoms with E-state index in [2.05, 4.69) is 4.99 Å². The molecule has 0 radical (unpaired) electrons. The third-order valence-corrected chi connectivity index (χ3v) is 2.39. The van der Waals surface area contributed by atoms with Crippen LogP contribution in [0, 0.1) is 5.92 Å². The van der Waals surface area contributed by atoms with Gasteiger partial charge in [-0.05, 0) is 23.6 Å². The molecular weight excluding hydrogens is 226 g/mol. The number of nitrogens with zero attached hydrogens (tertiary/aromatic N) is 1. The van der Waals surface area contributed by atoms with Crippen LogP contribution < -0.4 is 0 Å². The van der Waals surface area contributed by atoms with E-state index in [1.165, 1.54) is 0 Å². The Morgan fingerprint density at radius 2 is 1.94 bits per heavy atom. The summed E-state index contributed by atoms with van der Waals surface area (Å²) in [6.07, 6.45) is 1.56. The number of carboxylic acid groups (broad SMARTS) is 1. The lowest BCUT2D eigenvalue weighted by Gasteiger charge is -2.10. The van der Waals surface area contributed by atoms with Crippen LogP contribution in [0.2, 0.25) is 5.02 Å². The van der Waals surface area contributed by atoms with Crippen LogP contribution in [0.15, 0.2) is 29.3 Å². The highest BCUT2D eigenvalue weighted by Gasteiger charge is 2.18. The zero-order valence-corrected chi connectivity index (χ0v) is 9.98. The Morgan fingerprint density at radius 1 is 1.38 bits per heavy atom. The minimum absolute atomic E-state index is 0.0268. The maximum absolute atomic E-state index is 10.9. The predicted molar refractivity (Wildman–Crippen MR) is 65.3 cm³/mol. The van der Waals surface area contributed by atoms with Crippen LogP contribution in [0.25, 0.3) is 0 Å². The minimum atomic E-state index is -0.903. The van der Waals surface area contributed by atoms with Crippen molar-refractivity contribution in [2.24, 2.45) is 10.9 Å². The van der Waals surface area contributed by atoms with Gasteiger partial charge >= 0.3 is 5.97 Å². The molecule has 0 aliphatic heterocycles. The summed E-state index contributed by atoms with van der Waals surface area (Å²) in [6.45, 7) is 3.66. The molecule has 0 saturated heterocycles. The second-order valence-electron chi connectivity index (χ2n) is 3.86. The van der Waals surface area contributed by atoms with Crippen LogP contribution in [0.1, 0.15) is 19.4 Å². The molecule has 0 aliphatic rings. The van der Waals surface area contributed by atoms with Crippen molar-refractivity contribution in [3.63, 3.8) is 0 Å². The Balaban J connectivity index is 2.78. The summed E-state index contributed by atoms with van der Waals surface area (Å²) in [6, 6.07) is 6.38. The molecule has 0 aromatic heterocycles. The molecule has 1 N–H and O–H groups in total. The normalized spacial score (nSPS) is 13.2. The second-order valence-corrected chi connectivity index (χ2v) is 4.29. The van der Waals surface area contributed by atoms with Gasteiger partial charge in [0.05, 0.1) is 0 Å². The summed E-state index contributed by atoms with van der Waals surface area (Å²) in [5, 5.41) is 9.58. The lowest BCUT2D eigenvalue weighted by atomic mass is 10.1. The van der Waals surface area contributed by atoms with Gasteiger partial charge in [0.15, 0.2) is 0 Å². The Kier molecular flexibility index (Phi) is 4.50. The second kappa shape index (κ2) is 5.66. The predicted octanol–water partition coefficient (Wildman–Crippen LogP) is 2.87. The van der Waals surface area contributed by atoms with E-state index < -0.39 is 12.0 Å². The average Bonchev–Trinajstić information content (AvgIpc) is 2.20. The van der Waals surface area contributed by atoms with Crippen LogP contribution in [0.5, 0.6) is 0 Å². The van der Waals surface area contributed by atoms with Crippen molar-refractivity contribution in [3.05, 3.63) is 34.9 Å². The van der Waals surface area contributed by atoms with Crippen LogP contribution in [-0.2, 0) is 4.79 Å². The van der Waals surface area contributed by atoms with E-state index in [4.69, 9.17) is 16.7 Å². The van der Waals surface area contributed by atoms with Gasteiger partial charge in [-0.15, -0.1) is 0 Å². The molecule has 86 valence electrons. The van der Waals surface area contributed by atoms with Crippen molar-refractivity contribution in [2.45, 2.75) is 19.9 Å². The highest BCUT2D eigenvalue weighted by Crippen LogP contribution is 2.10. The van der Waals surface area contributed by atoms with E-state index in [1.54, 1.807) is 30.5 Å². The smallest absolute Gasteiger partial charge is 0.328 e. The summed E-state index contributed by atoms with van der Waals surface area (Å²) in [5.74, 6) is -0.929. The summed E-state index contributed by atoms with van der Waals surface area (Å²) in [5.41, 5.74) is 0.844. The Bertz CT molecular complexity index is 385. The number of aliphatic carboxylic acids is 1. The van der Waals surface area contributed by atoms with Crippen LogP contribution in [-0.4, -0.2) is 23.3 Å². The molecule has 0 spiro atoms. The van der Waals surface area contributed by atoms with Crippen LogP contribution in [0.3, 0.4) is 0 Å². The summed E-state index contributed by atoms with van der Waals surface area (Å²) in [7, 11) is 0. The average molecular weight is 240 g/mol. The maximum Gasteiger partial charge on any atom is 0.328 e. The molecule has 1 rings (SSSR count). The molecule has 3 nitrogen and oxygen atoms in total. The van der Waals surface area contributed by atoms with Crippen molar-refractivity contribution in [1.82, 2.24) is 0 Å².